The van der Waals surface area contributed by atoms with Gasteiger partial charge in [0.15, 0.2) is 0 Å². The highest BCUT2D eigenvalue weighted by Crippen LogP contribution is 2.29. The van der Waals surface area contributed by atoms with Gasteiger partial charge in [0.25, 0.3) is 0 Å². The van der Waals surface area contributed by atoms with E-state index in [9.17, 15) is 0 Å². The van der Waals surface area contributed by atoms with Gasteiger partial charge in [-0.15, -0.1) is 0 Å². The van der Waals surface area contributed by atoms with E-state index < -0.39 is 0 Å². The molecule has 0 spiro atoms. The molecule has 98 valence electrons. The van der Waals surface area contributed by atoms with Crippen molar-refractivity contribution in [2.75, 3.05) is 30.4 Å². The van der Waals surface area contributed by atoms with E-state index in [-0.39, 0.29) is 0 Å². The highest BCUT2D eigenvalue weighted by molar-refractivity contribution is 6.30. The number of rotatable bonds is 1. The molecule has 0 saturated heterocycles. The van der Waals surface area contributed by atoms with E-state index >= 15 is 0 Å². The van der Waals surface area contributed by atoms with Gasteiger partial charge >= 0.3 is 0 Å². The van der Waals surface area contributed by atoms with Gasteiger partial charge in [-0.05, 0) is 30.7 Å². The lowest BCUT2D eigenvalue weighted by Gasteiger charge is -2.18. The molecule has 0 bridgehead atoms. The number of nitrogens with zero attached hydrogens (tertiary/aromatic N) is 2. The standard InChI is InChI=1S/C15H16ClN3/c1-19-9-3-8-17-15-14(19)7-6-13(18-15)11-4-2-5-12(16)10-11/h2,4-7,10H,3,8-9H2,1H3,(H,17,18). The van der Waals surface area contributed by atoms with Gasteiger partial charge in [0.05, 0.1) is 11.4 Å². The molecule has 1 aromatic carbocycles. The predicted octanol–water partition coefficient (Wildman–Crippen LogP) is 3.65. The van der Waals surface area contributed by atoms with Gasteiger partial charge in [-0.3, -0.25) is 0 Å². The molecule has 0 atom stereocenters. The van der Waals surface area contributed by atoms with Crippen LogP contribution in [-0.4, -0.2) is 25.1 Å². The molecule has 1 N–H and O–H groups in total. The summed E-state index contributed by atoms with van der Waals surface area (Å²) in [5, 5.41) is 4.13. The van der Waals surface area contributed by atoms with Gasteiger partial charge < -0.3 is 10.2 Å². The van der Waals surface area contributed by atoms with Crippen LogP contribution in [0.2, 0.25) is 5.02 Å². The van der Waals surface area contributed by atoms with Gasteiger partial charge in [0, 0.05) is 30.7 Å². The first kappa shape index (κ1) is 12.3. The fraction of sp³-hybridized carbons (Fsp3) is 0.267. The molecule has 3 rings (SSSR count). The summed E-state index contributed by atoms with van der Waals surface area (Å²) in [7, 11) is 2.10. The summed E-state index contributed by atoms with van der Waals surface area (Å²) >= 11 is 6.04. The summed E-state index contributed by atoms with van der Waals surface area (Å²) in [4.78, 5) is 6.96. The smallest absolute Gasteiger partial charge is 0.150 e. The van der Waals surface area contributed by atoms with Crippen LogP contribution in [-0.2, 0) is 0 Å². The van der Waals surface area contributed by atoms with Crippen LogP contribution in [0.5, 0.6) is 0 Å². The summed E-state index contributed by atoms with van der Waals surface area (Å²) in [6.45, 7) is 2.02. The maximum Gasteiger partial charge on any atom is 0.150 e. The molecule has 2 aromatic rings. The first-order valence-electron chi connectivity index (χ1n) is 6.46. The minimum absolute atomic E-state index is 0.735. The van der Waals surface area contributed by atoms with E-state index in [4.69, 9.17) is 16.6 Å². The zero-order valence-corrected chi connectivity index (χ0v) is 11.6. The molecule has 1 aliphatic heterocycles. The Hall–Kier alpha value is -1.74. The Kier molecular flexibility index (Phi) is 3.30. The van der Waals surface area contributed by atoms with Crippen molar-refractivity contribution >= 4 is 23.1 Å². The lowest BCUT2D eigenvalue weighted by atomic mass is 10.1. The van der Waals surface area contributed by atoms with Gasteiger partial charge in [0.2, 0.25) is 0 Å². The van der Waals surface area contributed by atoms with Crippen molar-refractivity contribution in [3.63, 3.8) is 0 Å². The zero-order valence-electron chi connectivity index (χ0n) is 10.9. The SMILES string of the molecule is CN1CCCNc2nc(-c3cccc(Cl)c3)ccc21. The van der Waals surface area contributed by atoms with Crippen molar-refractivity contribution < 1.29 is 0 Å². The number of fused-ring (bicyclic) bond motifs is 1. The normalized spacial score (nSPS) is 14.5. The van der Waals surface area contributed by atoms with Crippen LogP contribution in [0.4, 0.5) is 11.5 Å². The number of halogens is 1. The maximum absolute atomic E-state index is 6.04. The molecule has 0 aliphatic carbocycles. The van der Waals surface area contributed by atoms with E-state index in [1.165, 1.54) is 0 Å². The number of hydrogen-bond donors (Lipinski definition) is 1. The van der Waals surface area contributed by atoms with E-state index in [2.05, 4.69) is 23.3 Å². The number of pyridine rings is 1. The lowest BCUT2D eigenvalue weighted by molar-refractivity contribution is 0.837. The molecular formula is C15H16ClN3. The molecule has 0 radical (unpaired) electrons. The molecule has 2 heterocycles. The molecule has 0 unspecified atom stereocenters. The first-order chi connectivity index (χ1) is 9.24. The second kappa shape index (κ2) is 5.10. The quantitative estimate of drug-likeness (QED) is 0.860. The van der Waals surface area contributed by atoms with Crippen LogP contribution < -0.4 is 10.2 Å². The lowest BCUT2D eigenvalue weighted by Crippen LogP contribution is -2.17. The average Bonchev–Trinajstić information content (AvgIpc) is 2.60. The van der Waals surface area contributed by atoms with Crippen molar-refractivity contribution in [1.29, 1.82) is 0 Å². The number of aromatic nitrogens is 1. The number of benzene rings is 1. The molecule has 19 heavy (non-hydrogen) atoms. The monoisotopic (exact) mass is 273 g/mol. The van der Waals surface area contributed by atoms with Crippen LogP contribution >= 0.6 is 11.6 Å². The van der Waals surface area contributed by atoms with Crippen molar-refractivity contribution in [2.24, 2.45) is 0 Å². The first-order valence-corrected chi connectivity index (χ1v) is 6.84. The fourth-order valence-electron chi connectivity index (χ4n) is 2.34. The number of hydrogen-bond acceptors (Lipinski definition) is 3. The number of anilines is 2. The third kappa shape index (κ3) is 2.51. The van der Waals surface area contributed by atoms with Crippen molar-refractivity contribution in [1.82, 2.24) is 4.98 Å². The molecule has 3 nitrogen and oxygen atoms in total. The summed E-state index contributed by atoms with van der Waals surface area (Å²) in [6, 6.07) is 12.0. The zero-order chi connectivity index (χ0) is 13.2. The van der Waals surface area contributed by atoms with Crippen molar-refractivity contribution in [2.45, 2.75) is 6.42 Å². The van der Waals surface area contributed by atoms with Gasteiger partial charge in [0.1, 0.15) is 5.82 Å². The highest BCUT2D eigenvalue weighted by atomic mass is 35.5. The topological polar surface area (TPSA) is 28.2 Å². The third-order valence-corrected chi connectivity index (χ3v) is 3.60. The average molecular weight is 274 g/mol. The van der Waals surface area contributed by atoms with Crippen molar-refractivity contribution in [3.05, 3.63) is 41.4 Å². The van der Waals surface area contributed by atoms with Crippen LogP contribution in [0, 0.1) is 0 Å². The second-order valence-electron chi connectivity index (χ2n) is 4.78. The molecule has 0 amide bonds. The van der Waals surface area contributed by atoms with Crippen molar-refractivity contribution in [3.8, 4) is 11.3 Å². The maximum atomic E-state index is 6.04. The van der Waals surface area contributed by atoms with E-state index in [1.54, 1.807) is 0 Å². The van der Waals surface area contributed by atoms with Gasteiger partial charge in [-0.1, -0.05) is 23.7 Å². The van der Waals surface area contributed by atoms with Gasteiger partial charge in [-0.25, -0.2) is 4.98 Å². The Morgan fingerprint density at radius 1 is 1.26 bits per heavy atom. The Morgan fingerprint density at radius 3 is 3.00 bits per heavy atom. The predicted molar refractivity (Wildman–Crippen MR) is 81.1 cm³/mol. The second-order valence-corrected chi connectivity index (χ2v) is 5.21. The highest BCUT2D eigenvalue weighted by Gasteiger charge is 2.13. The van der Waals surface area contributed by atoms with Crippen LogP contribution in [0.15, 0.2) is 36.4 Å². The van der Waals surface area contributed by atoms with E-state index in [0.29, 0.717) is 0 Å². The molecular weight excluding hydrogens is 258 g/mol. The number of nitrogens with one attached hydrogen (secondary N) is 1. The summed E-state index contributed by atoms with van der Waals surface area (Å²) < 4.78 is 0. The Morgan fingerprint density at radius 2 is 2.16 bits per heavy atom. The minimum atomic E-state index is 0.735. The largest absolute Gasteiger partial charge is 0.372 e. The van der Waals surface area contributed by atoms with Gasteiger partial charge in [-0.2, -0.15) is 0 Å². The molecule has 1 aromatic heterocycles. The van der Waals surface area contributed by atoms with E-state index in [0.717, 1.165) is 47.3 Å². The summed E-state index contributed by atoms with van der Waals surface area (Å²) in [5.74, 6) is 0.956. The van der Waals surface area contributed by atoms with Crippen LogP contribution in [0.25, 0.3) is 11.3 Å². The summed E-state index contributed by atoms with van der Waals surface area (Å²) in [6.07, 6.45) is 1.12. The van der Waals surface area contributed by atoms with E-state index in [1.807, 2.05) is 30.3 Å². The Balaban J connectivity index is 2.03. The molecule has 1 aliphatic rings. The molecule has 0 fully saturated rings. The minimum Gasteiger partial charge on any atom is -0.372 e. The van der Waals surface area contributed by atoms with Crippen LogP contribution in [0.3, 0.4) is 0 Å². The Bertz CT molecular complexity index is 598. The Labute approximate surface area is 118 Å². The molecule has 4 heteroatoms. The molecule has 0 saturated carbocycles. The van der Waals surface area contributed by atoms with Crippen LogP contribution in [0.1, 0.15) is 6.42 Å². The summed E-state index contributed by atoms with van der Waals surface area (Å²) in [5.41, 5.74) is 3.15. The fourth-order valence-corrected chi connectivity index (χ4v) is 2.53. The third-order valence-electron chi connectivity index (χ3n) is 3.37.